The number of hydrogen-bond acceptors (Lipinski definition) is 5. The van der Waals surface area contributed by atoms with Crippen molar-refractivity contribution in [3.63, 3.8) is 0 Å². The normalized spacial score (nSPS) is 23.8. The van der Waals surface area contributed by atoms with Crippen molar-refractivity contribution in [3.05, 3.63) is 63.4 Å². The molecule has 2 saturated heterocycles. The largest absolute Gasteiger partial charge is 0.573 e. The van der Waals surface area contributed by atoms with Gasteiger partial charge in [-0.25, -0.2) is 0 Å². The number of nitrogens with zero attached hydrogens (tertiary/aromatic N) is 2. The molecule has 0 spiro atoms. The highest BCUT2D eigenvalue weighted by atomic mass is 127. The second-order valence-corrected chi connectivity index (χ2v) is 11.1. The fourth-order valence-corrected chi connectivity index (χ4v) is 6.07. The van der Waals surface area contributed by atoms with E-state index in [0.29, 0.717) is 17.8 Å². The van der Waals surface area contributed by atoms with Gasteiger partial charge in [0.05, 0.1) is 12.7 Å². The van der Waals surface area contributed by atoms with Crippen LogP contribution in [-0.4, -0.2) is 29.7 Å². The van der Waals surface area contributed by atoms with E-state index >= 15 is 0 Å². The predicted molar refractivity (Wildman–Crippen MR) is 137 cm³/mol. The lowest BCUT2D eigenvalue weighted by molar-refractivity contribution is -0.274. The van der Waals surface area contributed by atoms with Gasteiger partial charge in [-0.15, -0.1) is 13.2 Å². The summed E-state index contributed by atoms with van der Waals surface area (Å²) in [6, 6.07) is 15.6. The third kappa shape index (κ3) is 4.96. The Morgan fingerprint density at radius 2 is 1.67 bits per heavy atom. The van der Waals surface area contributed by atoms with Gasteiger partial charge in [0, 0.05) is 38.4 Å². The van der Waals surface area contributed by atoms with Crippen molar-refractivity contribution in [3.8, 4) is 17.0 Å². The minimum absolute atomic E-state index is 0.0825. The molecule has 3 heterocycles. The molecule has 0 amide bonds. The molecule has 2 aromatic carbocycles. The SMILES string of the molecule is FC(F)(F)Oc1ccccc1-c1noc(C2CC2)c1CO[C@H]1C[C@H]2CC[C@@H](C1)N2c1ccc(I)cc1. The van der Waals surface area contributed by atoms with Gasteiger partial charge in [-0.1, -0.05) is 17.3 Å². The molecule has 9 heteroatoms. The zero-order chi connectivity index (χ0) is 24.9. The van der Waals surface area contributed by atoms with Gasteiger partial charge < -0.3 is 18.9 Å². The van der Waals surface area contributed by atoms with Gasteiger partial charge in [-0.3, -0.25) is 0 Å². The van der Waals surface area contributed by atoms with E-state index in [9.17, 15) is 13.2 Å². The molecule has 2 aliphatic heterocycles. The molecule has 3 atom stereocenters. The molecule has 190 valence electrons. The number of rotatable bonds is 7. The monoisotopic (exact) mass is 610 g/mol. The molecule has 0 radical (unpaired) electrons. The van der Waals surface area contributed by atoms with Crippen LogP contribution in [-0.2, 0) is 11.3 Å². The number of anilines is 1. The third-order valence-electron chi connectivity index (χ3n) is 7.41. The summed E-state index contributed by atoms with van der Waals surface area (Å²) in [5.74, 6) is 0.691. The van der Waals surface area contributed by atoms with Crippen molar-refractivity contribution in [2.75, 3.05) is 4.90 Å². The highest BCUT2D eigenvalue weighted by Gasteiger charge is 2.42. The molecular weight excluding hydrogens is 584 g/mol. The van der Waals surface area contributed by atoms with Crippen LogP contribution in [0.1, 0.15) is 55.8 Å². The van der Waals surface area contributed by atoms with Crippen LogP contribution in [0, 0.1) is 3.57 Å². The maximum Gasteiger partial charge on any atom is 0.573 e. The van der Waals surface area contributed by atoms with E-state index in [1.807, 2.05) is 0 Å². The number of aromatic nitrogens is 1. The molecule has 5 nitrogen and oxygen atoms in total. The fourth-order valence-electron chi connectivity index (χ4n) is 5.71. The first kappa shape index (κ1) is 24.1. The number of piperidine rings is 1. The topological polar surface area (TPSA) is 47.7 Å². The Bertz CT molecular complexity index is 1210. The van der Waals surface area contributed by atoms with Crippen LogP contribution in [0.2, 0.25) is 0 Å². The van der Waals surface area contributed by atoms with Gasteiger partial charge in [-0.05, 0) is 97.5 Å². The van der Waals surface area contributed by atoms with Gasteiger partial charge in [0.15, 0.2) is 0 Å². The third-order valence-corrected chi connectivity index (χ3v) is 8.13. The second kappa shape index (κ2) is 9.55. The van der Waals surface area contributed by atoms with Crippen LogP contribution in [0.3, 0.4) is 0 Å². The minimum atomic E-state index is -4.79. The first-order valence-electron chi connectivity index (χ1n) is 12.3. The van der Waals surface area contributed by atoms with Gasteiger partial charge in [0.1, 0.15) is 17.2 Å². The first-order valence-corrected chi connectivity index (χ1v) is 13.4. The van der Waals surface area contributed by atoms with Crippen LogP contribution in [0.15, 0.2) is 53.1 Å². The molecule has 0 N–H and O–H groups in total. The zero-order valence-corrected chi connectivity index (χ0v) is 21.7. The summed E-state index contributed by atoms with van der Waals surface area (Å²) in [4.78, 5) is 2.54. The average molecular weight is 610 g/mol. The average Bonchev–Trinajstić information content (AvgIpc) is 3.54. The second-order valence-electron chi connectivity index (χ2n) is 9.87. The van der Waals surface area contributed by atoms with Crippen molar-refractivity contribution in [2.24, 2.45) is 0 Å². The van der Waals surface area contributed by atoms with Gasteiger partial charge in [-0.2, -0.15) is 0 Å². The number of hydrogen-bond donors (Lipinski definition) is 0. The van der Waals surface area contributed by atoms with Crippen molar-refractivity contribution in [2.45, 2.75) is 75.6 Å². The molecule has 1 aliphatic carbocycles. The van der Waals surface area contributed by atoms with E-state index < -0.39 is 6.36 Å². The number of benzene rings is 2. The molecule has 6 rings (SSSR count). The Labute approximate surface area is 221 Å². The lowest BCUT2D eigenvalue weighted by Crippen LogP contribution is -2.45. The molecular formula is C27H26F3IN2O3. The van der Waals surface area contributed by atoms with Crippen LogP contribution in [0.5, 0.6) is 5.75 Å². The molecule has 3 aliphatic rings. The Kier molecular flexibility index (Phi) is 6.39. The summed E-state index contributed by atoms with van der Waals surface area (Å²) in [5, 5.41) is 4.19. The molecule has 3 aromatic rings. The highest BCUT2D eigenvalue weighted by molar-refractivity contribution is 14.1. The van der Waals surface area contributed by atoms with Crippen molar-refractivity contribution in [1.82, 2.24) is 5.16 Å². The van der Waals surface area contributed by atoms with Crippen LogP contribution in [0.25, 0.3) is 11.3 Å². The van der Waals surface area contributed by atoms with E-state index in [1.165, 1.54) is 21.4 Å². The summed E-state index contributed by atoms with van der Waals surface area (Å²) in [6.07, 6.45) is 1.40. The quantitative estimate of drug-likeness (QED) is 0.261. The van der Waals surface area contributed by atoms with E-state index in [4.69, 9.17) is 9.26 Å². The van der Waals surface area contributed by atoms with E-state index in [-0.39, 0.29) is 29.9 Å². The summed E-state index contributed by atoms with van der Waals surface area (Å²) in [5.41, 5.74) is 2.64. The summed E-state index contributed by atoms with van der Waals surface area (Å²) < 4.78 is 56.7. The van der Waals surface area contributed by atoms with Crippen molar-refractivity contribution < 1.29 is 27.2 Å². The molecule has 2 bridgehead atoms. The van der Waals surface area contributed by atoms with Crippen LogP contribution >= 0.6 is 22.6 Å². The Hall–Kier alpha value is -2.27. The summed E-state index contributed by atoms with van der Waals surface area (Å²) in [6.45, 7) is 0.263. The van der Waals surface area contributed by atoms with Gasteiger partial charge in [0.2, 0.25) is 0 Å². The molecule has 1 saturated carbocycles. The Morgan fingerprint density at radius 3 is 2.33 bits per heavy atom. The summed E-state index contributed by atoms with van der Waals surface area (Å²) in [7, 11) is 0. The van der Waals surface area contributed by atoms with E-state index in [1.54, 1.807) is 12.1 Å². The smallest absolute Gasteiger partial charge is 0.405 e. The first-order chi connectivity index (χ1) is 17.4. The van der Waals surface area contributed by atoms with Crippen molar-refractivity contribution >= 4 is 28.3 Å². The molecule has 0 unspecified atom stereocenters. The number of fused-ring (bicyclic) bond motifs is 2. The number of para-hydroxylation sites is 1. The number of halogens is 4. The lowest BCUT2D eigenvalue weighted by Gasteiger charge is -2.40. The van der Waals surface area contributed by atoms with Crippen molar-refractivity contribution in [1.29, 1.82) is 0 Å². The van der Waals surface area contributed by atoms with E-state index in [2.05, 4.69) is 61.6 Å². The maximum absolute atomic E-state index is 13.0. The zero-order valence-electron chi connectivity index (χ0n) is 19.5. The Morgan fingerprint density at radius 1 is 0.972 bits per heavy atom. The molecule has 36 heavy (non-hydrogen) atoms. The minimum Gasteiger partial charge on any atom is -0.405 e. The lowest BCUT2D eigenvalue weighted by atomic mass is 9.98. The molecule has 3 fully saturated rings. The highest BCUT2D eigenvalue weighted by Crippen LogP contribution is 2.46. The standard InChI is InChI=1S/C27H26F3IN2O3/c28-27(29,30)35-24-4-2-1-3-22(24)25-23(26(36-32-25)16-5-6-16)15-34-21-13-19-11-12-20(14-21)33(19)18-9-7-17(31)8-10-18/h1-4,7-10,16,19-21H,5-6,11-15H2/t19-,20+,21+. The number of alkyl halides is 3. The van der Waals surface area contributed by atoms with Crippen LogP contribution in [0.4, 0.5) is 18.9 Å². The van der Waals surface area contributed by atoms with Gasteiger partial charge in [0.25, 0.3) is 0 Å². The fraction of sp³-hybridized carbons (Fsp3) is 0.444. The Balaban J connectivity index is 1.21. The van der Waals surface area contributed by atoms with Gasteiger partial charge >= 0.3 is 6.36 Å². The summed E-state index contributed by atoms with van der Waals surface area (Å²) >= 11 is 2.32. The molecule has 1 aromatic heterocycles. The maximum atomic E-state index is 13.0. The number of ether oxygens (including phenoxy) is 2. The van der Waals surface area contributed by atoms with E-state index in [0.717, 1.165) is 49.8 Å². The predicted octanol–water partition coefficient (Wildman–Crippen LogP) is 7.44. The van der Waals surface area contributed by atoms with Crippen LogP contribution < -0.4 is 9.64 Å².